The highest BCUT2D eigenvalue weighted by Gasteiger charge is 2.26. The van der Waals surface area contributed by atoms with Crippen molar-refractivity contribution in [3.63, 3.8) is 0 Å². The molecular weight excluding hydrogens is 483 g/mol. The molecule has 0 bridgehead atoms. The van der Waals surface area contributed by atoms with E-state index in [4.69, 9.17) is 19.0 Å². The number of benzene rings is 1. The lowest BCUT2D eigenvalue weighted by Crippen LogP contribution is -2.48. The van der Waals surface area contributed by atoms with E-state index in [1.807, 2.05) is 4.90 Å². The predicted octanol–water partition coefficient (Wildman–Crippen LogP) is 3.08. The van der Waals surface area contributed by atoms with Gasteiger partial charge in [0.1, 0.15) is 12.4 Å². The quantitative estimate of drug-likeness (QED) is 0.336. The second-order valence-electron chi connectivity index (χ2n) is 9.05. The molecule has 2 aromatic rings. The van der Waals surface area contributed by atoms with Crippen LogP contribution in [0.5, 0.6) is 0 Å². The molecule has 1 N–H and O–H groups in total. The van der Waals surface area contributed by atoms with E-state index in [1.54, 1.807) is 31.5 Å². The molecule has 0 radical (unpaired) electrons. The fraction of sp³-hybridized carbons (Fsp3) is 0.538. The first-order valence-electron chi connectivity index (χ1n) is 12.6. The van der Waals surface area contributed by atoms with Crippen molar-refractivity contribution in [2.24, 2.45) is 11.1 Å². The highest BCUT2D eigenvalue weighted by atomic mass is 19.1. The third-order valence-electron chi connectivity index (χ3n) is 6.16. The lowest BCUT2D eigenvalue weighted by molar-refractivity contribution is -0.176. The maximum atomic E-state index is 14.5. The normalized spacial score (nSPS) is 18.2. The third-order valence-corrected chi connectivity index (χ3v) is 6.16. The molecule has 200 valence electrons. The topological polar surface area (TPSA) is 116 Å². The first kappa shape index (κ1) is 26.9. The Morgan fingerprint density at radius 1 is 1.24 bits per heavy atom. The van der Waals surface area contributed by atoms with Crippen LogP contribution in [0.25, 0.3) is 11.1 Å². The van der Waals surface area contributed by atoms with Gasteiger partial charge in [0.25, 0.3) is 0 Å². The van der Waals surface area contributed by atoms with Crippen LogP contribution in [-0.4, -0.2) is 72.6 Å². The molecule has 2 saturated heterocycles. The van der Waals surface area contributed by atoms with Crippen molar-refractivity contribution in [2.45, 2.75) is 45.5 Å². The number of aliphatic hydroxyl groups is 1. The Morgan fingerprint density at radius 2 is 2.05 bits per heavy atom. The number of esters is 1. The zero-order valence-electron chi connectivity index (χ0n) is 21.0. The minimum atomic E-state index is -0.476. The number of aliphatic hydroxyl groups excluding tert-OH is 1. The summed E-state index contributed by atoms with van der Waals surface area (Å²) in [5.41, 5.74) is 1.93. The summed E-state index contributed by atoms with van der Waals surface area (Å²) < 4.78 is 31.2. The zero-order chi connectivity index (χ0) is 26.0. The van der Waals surface area contributed by atoms with Crippen molar-refractivity contribution in [1.29, 1.82) is 0 Å². The van der Waals surface area contributed by atoms with E-state index in [1.165, 1.54) is 6.07 Å². The molecule has 3 heterocycles. The van der Waals surface area contributed by atoms with Crippen molar-refractivity contribution < 1.29 is 33.3 Å². The molecule has 10 nitrogen and oxygen atoms in total. The van der Waals surface area contributed by atoms with Crippen LogP contribution in [0.1, 0.15) is 38.2 Å². The average Bonchev–Trinajstić information content (AvgIpc) is 2.91. The molecule has 0 spiro atoms. The second kappa shape index (κ2) is 13.4. The summed E-state index contributed by atoms with van der Waals surface area (Å²) in [6, 6.07) is 4.85. The standard InChI is InChI=1S/C26H33FN4O6/c1-2-23(33)35-15-18(16-36-24-8-3-4-9-34-24)17-37-30-21-12-31(13-21)26-28-10-20(11-29-26)22-7-5-6-19(14-32)25(22)27/h5-7,10-11,18,24,32H,2-4,8-9,12-17H2,1H3. The molecule has 1 aromatic heterocycles. The van der Waals surface area contributed by atoms with Crippen LogP contribution in [0.15, 0.2) is 35.7 Å². The Balaban J connectivity index is 1.25. The minimum Gasteiger partial charge on any atom is -0.465 e. The van der Waals surface area contributed by atoms with Gasteiger partial charge in [-0.15, -0.1) is 0 Å². The lowest BCUT2D eigenvalue weighted by Gasteiger charge is -2.32. The van der Waals surface area contributed by atoms with Gasteiger partial charge in [-0.2, -0.15) is 0 Å². The maximum absolute atomic E-state index is 14.5. The van der Waals surface area contributed by atoms with Crippen molar-refractivity contribution in [3.05, 3.63) is 42.0 Å². The molecule has 2 aliphatic heterocycles. The lowest BCUT2D eigenvalue weighted by atomic mass is 10.1. The van der Waals surface area contributed by atoms with E-state index >= 15 is 0 Å². The molecule has 2 unspecified atom stereocenters. The van der Waals surface area contributed by atoms with Crippen LogP contribution in [-0.2, 0) is 30.4 Å². The summed E-state index contributed by atoms with van der Waals surface area (Å²) >= 11 is 0. The monoisotopic (exact) mass is 516 g/mol. The first-order valence-corrected chi connectivity index (χ1v) is 12.6. The van der Waals surface area contributed by atoms with Crippen LogP contribution in [0.2, 0.25) is 0 Å². The summed E-state index contributed by atoms with van der Waals surface area (Å²) in [6.07, 6.45) is 6.17. The summed E-state index contributed by atoms with van der Waals surface area (Å²) in [7, 11) is 0. The Labute approximate surface area is 215 Å². The Morgan fingerprint density at radius 3 is 2.76 bits per heavy atom. The number of oxime groups is 1. The number of carbonyl (C=O) groups excluding carboxylic acids is 1. The molecular formula is C26H33FN4O6. The summed E-state index contributed by atoms with van der Waals surface area (Å²) in [6.45, 7) is 3.88. The van der Waals surface area contributed by atoms with Crippen LogP contribution in [0.4, 0.5) is 10.3 Å². The molecule has 0 saturated carbocycles. The molecule has 1 aromatic carbocycles. The Kier molecular flexibility index (Phi) is 9.75. The number of halogens is 1. The van der Waals surface area contributed by atoms with Crippen molar-refractivity contribution in [1.82, 2.24) is 9.97 Å². The first-order chi connectivity index (χ1) is 18.1. The van der Waals surface area contributed by atoms with Gasteiger partial charge >= 0.3 is 5.97 Å². The van der Waals surface area contributed by atoms with E-state index < -0.39 is 5.82 Å². The van der Waals surface area contributed by atoms with Crippen LogP contribution >= 0.6 is 0 Å². The zero-order valence-corrected chi connectivity index (χ0v) is 21.0. The molecule has 11 heteroatoms. The fourth-order valence-electron chi connectivity index (χ4n) is 3.92. The van der Waals surface area contributed by atoms with E-state index in [9.17, 15) is 14.3 Å². The second-order valence-corrected chi connectivity index (χ2v) is 9.05. The van der Waals surface area contributed by atoms with Gasteiger partial charge in [0, 0.05) is 42.1 Å². The molecule has 0 aliphatic carbocycles. The van der Waals surface area contributed by atoms with Gasteiger partial charge in [0.15, 0.2) is 6.29 Å². The van der Waals surface area contributed by atoms with Gasteiger partial charge in [-0.3, -0.25) is 4.79 Å². The minimum absolute atomic E-state index is 0.165. The number of hydrogen-bond donors (Lipinski definition) is 1. The van der Waals surface area contributed by atoms with Crippen molar-refractivity contribution in [2.75, 3.05) is 44.4 Å². The van der Waals surface area contributed by atoms with Crippen LogP contribution < -0.4 is 4.90 Å². The number of anilines is 1. The van der Waals surface area contributed by atoms with Gasteiger partial charge in [0.05, 0.1) is 44.5 Å². The summed E-state index contributed by atoms with van der Waals surface area (Å²) in [4.78, 5) is 27.7. The van der Waals surface area contributed by atoms with Crippen LogP contribution in [0.3, 0.4) is 0 Å². The number of rotatable bonds is 12. The fourth-order valence-corrected chi connectivity index (χ4v) is 3.92. The number of nitrogens with zero attached hydrogens (tertiary/aromatic N) is 4. The predicted molar refractivity (Wildman–Crippen MR) is 133 cm³/mol. The Bertz CT molecular complexity index is 1050. The molecule has 2 fully saturated rings. The number of carbonyl (C=O) groups is 1. The number of hydrogen-bond acceptors (Lipinski definition) is 10. The molecule has 4 rings (SSSR count). The third kappa shape index (κ3) is 7.43. The van der Waals surface area contributed by atoms with Crippen molar-refractivity contribution >= 4 is 17.6 Å². The smallest absolute Gasteiger partial charge is 0.305 e. The number of ether oxygens (including phenoxy) is 3. The highest BCUT2D eigenvalue weighted by molar-refractivity contribution is 5.98. The molecule has 0 amide bonds. The SMILES string of the molecule is CCC(=O)OCC(CON=C1CN(c2ncc(-c3cccc(CO)c3F)cn2)C1)COC1CCCCO1. The van der Waals surface area contributed by atoms with E-state index in [0.29, 0.717) is 49.8 Å². The van der Waals surface area contributed by atoms with E-state index in [0.717, 1.165) is 25.0 Å². The van der Waals surface area contributed by atoms with Crippen molar-refractivity contribution in [3.8, 4) is 11.1 Å². The van der Waals surface area contributed by atoms with Gasteiger partial charge in [0.2, 0.25) is 5.95 Å². The highest BCUT2D eigenvalue weighted by Crippen LogP contribution is 2.25. The van der Waals surface area contributed by atoms with Gasteiger partial charge < -0.3 is 29.1 Å². The van der Waals surface area contributed by atoms with Gasteiger partial charge in [-0.1, -0.05) is 30.3 Å². The molecule has 37 heavy (non-hydrogen) atoms. The van der Waals surface area contributed by atoms with Crippen LogP contribution in [0, 0.1) is 11.7 Å². The molecule has 2 atom stereocenters. The summed E-state index contributed by atoms with van der Waals surface area (Å²) in [5, 5.41) is 13.5. The largest absolute Gasteiger partial charge is 0.465 e. The van der Waals surface area contributed by atoms with E-state index in [-0.39, 0.29) is 43.6 Å². The Hall–Kier alpha value is -3.15. The van der Waals surface area contributed by atoms with Gasteiger partial charge in [-0.05, 0) is 19.3 Å². The summed E-state index contributed by atoms with van der Waals surface area (Å²) in [5.74, 6) is -0.403. The maximum Gasteiger partial charge on any atom is 0.305 e. The number of aromatic nitrogens is 2. The van der Waals surface area contributed by atoms with E-state index in [2.05, 4.69) is 15.1 Å². The van der Waals surface area contributed by atoms with Gasteiger partial charge in [-0.25, -0.2) is 14.4 Å². The average molecular weight is 517 g/mol. The molecule has 2 aliphatic rings.